The number of hydrogen-bond donors (Lipinski definition) is 1. The van der Waals surface area contributed by atoms with Gasteiger partial charge in [0.05, 0.1) is 7.11 Å². The van der Waals surface area contributed by atoms with Crippen molar-refractivity contribution < 1.29 is 18.7 Å². The van der Waals surface area contributed by atoms with E-state index in [0.717, 1.165) is 0 Å². The highest BCUT2D eigenvalue weighted by atomic mass is 19.1. The maximum atomic E-state index is 14.0. The first-order valence-electron chi connectivity index (χ1n) is 6.76. The molecule has 1 aromatic carbocycles. The second-order valence-electron chi connectivity index (χ2n) is 5.61. The monoisotopic (exact) mass is 294 g/mol. The number of halogens is 1. The van der Waals surface area contributed by atoms with Gasteiger partial charge in [-0.15, -0.1) is 0 Å². The molecule has 0 radical (unpaired) electrons. The molecule has 0 bridgehead atoms. The van der Waals surface area contributed by atoms with Gasteiger partial charge < -0.3 is 15.0 Å². The Labute approximate surface area is 123 Å². The SMILES string of the molecule is COc1ccc(CN2CCC(=O)NC(C)(C)C2=O)c(F)c1. The Morgan fingerprint density at radius 3 is 2.71 bits per heavy atom. The summed E-state index contributed by atoms with van der Waals surface area (Å²) in [6, 6.07) is 4.52. The van der Waals surface area contributed by atoms with Gasteiger partial charge in [-0.3, -0.25) is 9.59 Å². The van der Waals surface area contributed by atoms with Crippen molar-refractivity contribution >= 4 is 11.8 Å². The minimum absolute atomic E-state index is 0.132. The van der Waals surface area contributed by atoms with E-state index in [9.17, 15) is 14.0 Å². The first kappa shape index (κ1) is 15.3. The molecule has 1 aliphatic heterocycles. The predicted octanol–water partition coefficient (Wildman–Crippen LogP) is 1.46. The van der Waals surface area contributed by atoms with Crippen molar-refractivity contribution in [2.75, 3.05) is 13.7 Å². The fraction of sp³-hybridized carbons (Fsp3) is 0.467. The third-order valence-electron chi connectivity index (χ3n) is 3.50. The number of amides is 2. The summed E-state index contributed by atoms with van der Waals surface area (Å²) in [5.74, 6) is -0.395. The van der Waals surface area contributed by atoms with Gasteiger partial charge in [-0.05, 0) is 19.9 Å². The van der Waals surface area contributed by atoms with Gasteiger partial charge in [0.15, 0.2) is 0 Å². The van der Waals surface area contributed by atoms with Crippen LogP contribution in [0.25, 0.3) is 0 Å². The first-order chi connectivity index (χ1) is 9.83. The summed E-state index contributed by atoms with van der Waals surface area (Å²) in [4.78, 5) is 25.5. The summed E-state index contributed by atoms with van der Waals surface area (Å²) >= 11 is 0. The minimum Gasteiger partial charge on any atom is -0.497 e. The normalized spacial score (nSPS) is 18.2. The molecule has 0 unspecified atom stereocenters. The third kappa shape index (κ3) is 3.32. The molecule has 5 nitrogen and oxygen atoms in total. The zero-order valence-electron chi connectivity index (χ0n) is 12.4. The Bertz CT molecular complexity index is 572. The third-order valence-corrected chi connectivity index (χ3v) is 3.50. The fourth-order valence-corrected chi connectivity index (χ4v) is 2.34. The molecule has 1 aromatic rings. The van der Waals surface area contributed by atoms with E-state index in [1.165, 1.54) is 18.1 Å². The molecule has 0 spiro atoms. The zero-order valence-corrected chi connectivity index (χ0v) is 12.4. The van der Waals surface area contributed by atoms with E-state index in [1.54, 1.807) is 26.0 Å². The van der Waals surface area contributed by atoms with Crippen LogP contribution in [-0.4, -0.2) is 35.9 Å². The molecular formula is C15H19FN2O3. The molecule has 1 saturated heterocycles. The molecule has 2 amide bonds. The van der Waals surface area contributed by atoms with Gasteiger partial charge in [0.1, 0.15) is 17.1 Å². The molecule has 0 atom stereocenters. The van der Waals surface area contributed by atoms with Crippen LogP contribution in [0.1, 0.15) is 25.8 Å². The summed E-state index contributed by atoms with van der Waals surface area (Å²) in [6.45, 7) is 3.71. The molecule has 1 fully saturated rings. The average Bonchev–Trinajstić information content (AvgIpc) is 2.51. The molecule has 6 heteroatoms. The first-order valence-corrected chi connectivity index (χ1v) is 6.76. The summed E-state index contributed by atoms with van der Waals surface area (Å²) in [7, 11) is 1.46. The van der Waals surface area contributed by atoms with E-state index in [0.29, 0.717) is 11.3 Å². The topological polar surface area (TPSA) is 58.6 Å². The van der Waals surface area contributed by atoms with Gasteiger partial charge in [0, 0.05) is 31.1 Å². The van der Waals surface area contributed by atoms with Crippen LogP contribution < -0.4 is 10.1 Å². The number of carbonyl (C=O) groups is 2. The van der Waals surface area contributed by atoms with Crippen LogP contribution in [0.4, 0.5) is 4.39 Å². The van der Waals surface area contributed by atoms with Crippen molar-refractivity contribution in [3.63, 3.8) is 0 Å². The van der Waals surface area contributed by atoms with Crippen LogP contribution in [0.3, 0.4) is 0 Å². The molecule has 2 rings (SSSR count). The lowest BCUT2D eigenvalue weighted by Gasteiger charge is -2.29. The Kier molecular flexibility index (Phi) is 4.16. The smallest absolute Gasteiger partial charge is 0.248 e. The molecule has 21 heavy (non-hydrogen) atoms. The van der Waals surface area contributed by atoms with Crippen molar-refractivity contribution in [3.05, 3.63) is 29.6 Å². The Morgan fingerprint density at radius 2 is 2.10 bits per heavy atom. The van der Waals surface area contributed by atoms with E-state index < -0.39 is 11.4 Å². The molecular weight excluding hydrogens is 275 g/mol. The van der Waals surface area contributed by atoms with Gasteiger partial charge >= 0.3 is 0 Å². The van der Waals surface area contributed by atoms with Gasteiger partial charge in [-0.2, -0.15) is 0 Å². The molecule has 1 heterocycles. The van der Waals surface area contributed by atoms with E-state index in [1.807, 2.05) is 0 Å². The maximum absolute atomic E-state index is 14.0. The minimum atomic E-state index is -0.976. The van der Waals surface area contributed by atoms with Gasteiger partial charge in [0.2, 0.25) is 11.8 Å². The molecule has 0 aliphatic carbocycles. The van der Waals surface area contributed by atoms with Crippen LogP contribution in [-0.2, 0) is 16.1 Å². The fourth-order valence-electron chi connectivity index (χ4n) is 2.34. The second kappa shape index (κ2) is 5.71. The number of hydrogen-bond acceptors (Lipinski definition) is 3. The van der Waals surface area contributed by atoms with E-state index in [-0.39, 0.29) is 31.3 Å². The predicted molar refractivity (Wildman–Crippen MR) is 75.2 cm³/mol. The highest BCUT2D eigenvalue weighted by Gasteiger charge is 2.36. The van der Waals surface area contributed by atoms with Crippen LogP contribution in [0.15, 0.2) is 18.2 Å². The Balaban J connectivity index is 2.21. The second-order valence-corrected chi connectivity index (χ2v) is 5.61. The lowest BCUT2D eigenvalue weighted by atomic mass is 10.0. The number of nitrogens with one attached hydrogen (secondary N) is 1. The lowest BCUT2D eigenvalue weighted by Crippen LogP contribution is -2.52. The standard InChI is InChI=1S/C15H19FN2O3/c1-15(2)14(20)18(7-6-13(19)17-15)9-10-4-5-11(21-3)8-12(10)16/h4-5,8H,6-7,9H2,1-3H3,(H,17,19). The number of ether oxygens (including phenoxy) is 1. The number of methoxy groups -OCH3 is 1. The summed E-state index contributed by atoms with van der Waals surface area (Å²) in [5, 5.41) is 2.67. The Morgan fingerprint density at radius 1 is 1.38 bits per heavy atom. The highest BCUT2D eigenvalue weighted by Crippen LogP contribution is 2.20. The molecule has 1 aliphatic rings. The van der Waals surface area contributed by atoms with Gasteiger partial charge in [-0.1, -0.05) is 6.07 Å². The quantitative estimate of drug-likeness (QED) is 0.918. The van der Waals surface area contributed by atoms with E-state index in [2.05, 4.69) is 5.32 Å². The van der Waals surface area contributed by atoms with Crippen molar-refractivity contribution in [1.82, 2.24) is 10.2 Å². The molecule has 0 aromatic heterocycles. The highest BCUT2D eigenvalue weighted by molar-refractivity contribution is 5.92. The molecule has 114 valence electrons. The summed E-state index contributed by atoms with van der Waals surface area (Å²) < 4.78 is 18.9. The zero-order chi connectivity index (χ0) is 15.6. The van der Waals surface area contributed by atoms with Crippen molar-refractivity contribution in [2.45, 2.75) is 32.4 Å². The van der Waals surface area contributed by atoms with E-state index in [4.69, 9.17) is 4.74 Å². The number of rotatable bonds is 3. The number of nitrogens with zero attached hydrogens (tertiary/aromatic N) is 1. The van der Waals surface area contributed by atoms with Crippen molar-refractivity contribution in [1.29, 1.82) is 0 Å². The number of carbonyl (C=O) groups excluding carboxylic acids is 2. The largest absolute Gasteiger partial charge is 0.497 e. The average molecular weight is 294 g/mol. The van der Waals surface area contributed by atoms with Gasteiger partial charge in [-0.25, -0.2) is 4.39 Å². The van der Waals surface area contributed by atoms with Crippen molar-refractivity contribution in [2.24, 2.45) is 0 Å². The van der Waals surface area contributed by atoms with Crippen LogP contribution in [0, 0.1) is 5.82 Å². The lowest BCUT2D eigenvalue weighted by molar-refractivity contribution is -0.137. The number of benzene rings is 1. The summed E-state index contributed by atoms with van der Waals surface area (Å²) in [5.41, 5.74) is -0.578. The Hall–Kier alpha value is -2.11. The van der Waals surface area contributed by atoms with Crippen LogP contribution >= 0.6 is 0 Å². The maximum Gasteiger partial charge on any atom is 0.248 e. The van der Waals surface area contributed by atoms with Crippen LogP contribution in [0.5, 0.6) is 5.75 Å². The molecule has 0 saturated carbocycles. The van der Waals surface area contributed by atoms with E-state index >= 15 is 0 Å². The van der Waals surface area contributed by atoms with Crippen LogP contribution in [0.2, 0.25) is 0 Å². The summed E-state index contributed by atoms with van der Waals surface area (Å²) in [6.07, 6.45) is 0.215. The molecule has 1 N–H and O–H groups in total. The van der Waals surface area contributed by atoms with Crippen molar-refractivity contribution in [3.8, 4) is 5.75 Å². The van der Waals surface area contributed by atoms with Gasteiger partial charge in [0.25, 0.3) is 0 Å².